The number of carbonyl (C=O) groups excluding carboxylic acids is 1. The Morgan fingerprint density at radius 2 is 2.04 bits per heavy atom. The maximum Gasteiger partial charge on any atom is 0.225 e. The molecule has 2 fully saturated rings. The van der Waals surface area contributed by atoms with E-state index in [1.54, 1.807) is 19.4 Å². The molecule has 1 N–H and O–H groups in total. The van der Waals surface area contributed by atoms with Gasteiger partial charge in [0.25, 0.3) is 0 Å². The first-order valence-electron chi connectivity index (χ1n) is 9.63. The molecule has 0 radical (unpaired) electrons. The van der Waals surface area contributed by atoms with Gasteiger partial charge < -0.3 is 24.6 Å². The summed E-state index contributed by atoms with van der Waals surface area (Å²) in [4.78, 5) is 25.2. The van der Waals surface area contributed by atoms with E-state index in [0.717, 1.165) is 50.7 Å². The van der Waals surface area contributed by atoms with Crippen LogP contribution in [0, 0.1) is 5.92 Å². The molecule has 3 heterocycles. The van der Waals surface area contributed by atoms with Crippen molar-refractivity contribution in [3.8, 4) is 5.75 Å². The van der Waals surface area contributed by atoms with E-state index in [-0.39, 0.29) is 35.8 Å². The Balaban J connectivity index is 0.00000280. The van der Waals surface area contributed by atoms with Crippen molar-refractivity contribution in [2.24, 2.45) is 10.9 Å². The number of rotatable bonds is 5. The van der Waals surface area contributed by atoms with Gasteiger partial charge in [0.05, 0.1) is 26.0 Å². The standard InChI is InChI=1S/C19H29N5O3.HI/c1-20-19(22-7-12-27-17-3-2-6-21-15-17)24-8-4-16(5-9-24)18(25)23-10-13-26-14-11-23;/h2-3,6,15-16H,4-5,7-14H2,1H3,(H,20,22);1H. The van der Waals surface area contributed by atoms with Crippen LogP contribution >= 0.6 is 24.0 Å². The fourth-order valence-electron chi connectivity index (χ4n) is 3.48. The number of nitrogens with zero attached hydrogens (tertiary/aromatic N) is 4. The van der Waals surface area contributed by atoms with Crippen LogP contribution in [0.1, 0.15) is 12.8 Å². The summed E-state index contributed by atoms with van der Waals surface area (Å²) in [5.74, 6) is 2.02. The molecule has 3 rings (SSSR count). The number of morpholine rings is 1. The molecule has 1 amide bonds. The fourth-order valence-corrected chi connectivity index (χ4v) is 3.48. The zero-order chi connectivity index (χ0) is 18.9. The summed E-state index contributed by atoms with van der Waals surface area (Å²) in [5, 5.41) is 3.34. The zero-order valence-electron chi connectivity index (χ0n) is 16.4. The number of carbonyl (C=O) groups is 1. The van der Waals surface area contributed by atoms with Gasteiger partial charge in [-0.05, 0) is 25.0 Å². The normalized spacial score (nSPS) is 18.4. The molecule has 0 spiro atoms. The van der Waals surface area contributed by atoms with Gasteiger partial charge in [-0.2, -0.15) is 0 Å². The van der Waals surface area contributed by atoms with E-state index in [1.807, 2.05) is 17.0 Å². The molecule has 2 aliphatic rings. The predicted octanol–water partition coefficient (Wildman–Crippen LogP) is 1.22. The van der Waals surface area contributed by atoms with Crippen molar-refractivity contribution in [2.75, 3.05) is 59.6 Å². The number of halogens is 1. The van der Waals surface area contributed by atoms with Crippen molar-refractivity contribution in [3.63, 3.8) is 0 Å². The molecule has 9 heteroatoms. The number of nitrogens with one attached hydrogen (secondary N) is 1. The van der Waals surface area contributed by atoms with Gasteiger partial charge in [0.15, 0.2) is 5.96 Å². The third-order valence-corrected chi connectivity index (χ3v) is 4.97. The Hall–Kier alpha value is -1.62. The lowest BCUT2D eigenvalue weighted by Gasteiger charge is -2.36. The molecular formula is C19H30IN5O3. The Bertz CT molecular complexity index is 617. The number of aromatic nitrogens is 1. The first kappa shape index (κ1) is 22.7. The van der Waals surface area contributed by atoms with Crippen molar-refractivity contribution in [3.05, 3.63) is 24.5 Å². The summed E-state index contributed by atoms with van der Waals surface area (Å²) in [5.41, 5.74) is 0. The van der Waals surface area contributed by atoms with E-state index >= 15 is 0 Å². The average molecular weight is 503 g/mol. The van der Waals surface area contributed by atoms with Crippen LogP contribution < -0.4 is 10.1 Å². The number of hydrogen-bond acceptors (Lipinski definition) is 5. The summed E-state index contributed by atoms with van der Waals surface area (Å²) < 4.78 is 11.0. The van der Waals surface area contributed by atoms with Crippen molar-refractivity contribution >= 4 is 35.8 Å². The molecule has 2 aliphatic heterocycles. The van der Waals surface area contributed by atoms with Gasteiger partial charge in [0, 0.05) is 45.3 Å². The fraction of sp³-hybridized carbons (Fsp3) is 0.632. The molecule has 1 aromatic heterocycles. The Morgan fingerprint density at radius 1 is 1.29 bits per heavy atom. The molecule has 0 aromatic carbocycles. The van der Waals surface area contributed by atoms with Crippen LogP contribution in [-0.2, 0) is 9.53 Å². The summed E-state index contributed by atoms with van der Waals surface area (Å²) in [6.45, 7) is 5.63. The molecule has 0 unspecified atom stereocenters. The molecule has 156 valence electrons. The molecule has 1 aromatic rings. The summed E-state index contributed by atoms with van der Waals surface area (Å²) in [6.07, 6.45) is 5.15. The van der Waals surface area contributed by atoms with Crippen LogP contribution in [0.25, 0.3) is 0 Å². The molecular weight excluding hydrogens is 473 g/mol. The van der Waals surface area contributed by atoms with E-state index in [9.17, 15) is 4.79 Å². The second-order valence-electron chi connectivity index (χ2n) is 6.71. The minimum Gasteiger partial charge on any atom is -0.490 e. The van der Waals surface area contributed by atoms with Crippen LogP contribution in [0.4, 0.5) is 0 Å². The van der Waals surface area contributed by atoms with Crippen LogP contribution in [0.3, 0.4) is 0 Å². The third kappa shape index (κ3) is 6.47. The summed E-state index contributed by atoms with van der Waals surface area (Å²) in [6, 6.07) is 3.74. The maximum atomic E-state index is 12.6. The zero-order valence-corrected chi connectivity index (χ0v) is 18.7. The topological polar surface area (TPSA) is 79.3 Å². The lowest BCUT2D eigenvalue weighted by atomic mass is 9.95. The number of aliphatic imine (C=N–C) groups is 1. The Morgan fingerprint density at radius 3 is 2.68 bits per heavy atom. The van der Waals surface area contributed by atoms with Crippen LogP contribution in [0.5, 0.6) is 5.75 Å². The minimum atomic E-state index is 0. The molecule has 0 atom stereocenters. The minimum absolute atomic E-state index is 0. The van der Waals surface area contributed by atoms with Gasteiger partial charge in [-0.15, -0.1) is 24.0 Å². The highest BCUT2D eigenvalue weighted by Gasteiger charge is 2.30. The number of guanidine groups is 1. The molecule has 8 nitrogen and oxygen atoms in total. The second-order valence-corrected chi connectivity index (χ2v) is 6.71. The largest absolute Gasteiger partial charge is 0.490 e. The van der Waals surface area contributed by atoms with Crippen molar-refractivity contribution in [1.82, 2.24) is 20.1 Å². The monoisotopic (exact) mass is 503 g/mol. The van der Waals surface area contributed by atoms with E-state index in [2.05, 4.69) is 20.2 Å². The summed E-state index contributed by atoms with van der Waals surface area (Å²) in [7, 11) is 1.79. The van der Waals surface area contributed by atoms with E-state index in [1.165, 1.54) is 0 Å². The van der Waals surface area contributed by atoms with E-state index < -0.39 is 0 Å². The predicted molar refractivity (Wildman–Crippen MR) is 118 cm³/mol. The van der Waals surface area contributed by atoms with E-state index in [4.69, 9.17) is 9.47 Å². The lowest BCUT2D eigenvalue weighted by molar-refractivity contribution is -0.140. The Labute approximate surface area is 183 Å². The molecule has 0 saturated carbocycles. The SMILES string of the molecule is CN=C(NCCOc1cccnc1)N1CCC(C(=O)N2CCOCC2)CC1.I. The van der Waals surface area contributed by atoms with Gasteiger partial charge in [-0.1, -0.05) is 0 Å². The first-order chi connectivity index (χ1) is 13.3. The third-order valence-electron chi connectivity index (χ3n) is 4.97. The Kier molecular flexibility index (Phi) is 9.76. The van der Waals surface area contributed by atoms with Crippen molar-refractivity contribution in [1.29, 1.82) is 0 Å². The first-order valence-corrected chi connectivity index (χ1v) is 9.63. The summed E-state index contributed by atoms with van der Waals surface area (Å²) >= 11 is 0. The number of piperidine rings is 1. The van der Waals surface area contributed by atoms with Crippen LogP contribution in [0.15, 0.2) is 29.5 Å². The quantitative estimate of drug-likeness (QED) is 0.282. The van der Waals surface area contributed by atoms with Crippen molar-refractivity contribution < 1.29 is 14.3 Å². The number of hydrogen-bond donors (Lipinski definition) is 1. The van der Waals surface area contributed by atoms with Crippen LogP contribution in [0.2, 0.25) is 0 Å². The van der Waals surface area contributed by atoms with Crippen LogP contribution in [-0.4, -0.2) is 86.2 Å². The van der Waals surface area contributed by atoms with Gasteiger partial charge >= 0.3 is 0 Å². The molecule has 2 saturated heterocycles. The molecule has 0 bridgehead atoms. The number of likely N-dealkylation sites (tertiary alicyclic amines) is 1. The average Bonchev–Trinajstić information content (AvgIpc) is 2.75. The van der Waals surface area contributed by atoms with Gasteiger partial charge in [-0.25, -0.2) is 0 Å². The smallest absolute Gasteiger partial charge is 0.225 e. The van der Waals surface area contributed by atoms with Gasteiger partial charge in [0.1, 0.15) is 12.4 Å². The van der Waals surface area contributed by atoms with Gasteiger partial charge in [0.2, 0.25) is 5.91 Å². The number of ether oxygens (including phenoxy) is 2. The highest BCUT2D eigenvalue weighted by molar-refractivity contribution is 14.0. The second kappa shape index (κ2) is 12.1. The lowest BCUT2D eigenvalue weighted by Crippen LogP contribution is -2.50. The number of pyridine rings is 1. The number of amides is 1. The maximum absolute atomic E-state index is 12.6. The highest BCUT2D eigenvalue weighted by atomic mass is 127. The highest BCUT2D eigenvalue weighted by Crippen LogP contribution is 2.20. The van der Waals surface area contributed by atoms with E-state index in [0.29, 0.717) is 26.4 Å². The molecule has 0 aliphatic carbocycles. The molecule has 28 heavy (non-hydrogen) atoms. The van der Waals surface area contributed by atoms with Crippen molar-refractivity contribution in [2.45, 2.75) is 12.8 Å². The van der Waals surface area contributed by atoms with Gasteiger partial charge in [-0.3, -0.25) is 14.8 Å².